The first-order valence-corrected chi connectivity index (χ1v) is 12.9. The van der Waals surface area contributed by atoms with Gasteiger partial charge in [-0.3, -0.25) is 14.8 Å². The van der Waals surface area contributed by atoms with E-state index in [1.807, 2.05) is 31.2 Å². The minimum atomic E-state index is -3.42. The zero-order valence-electron chi connectivity index (χ0n) is 17.9. The second-order valence-electron chi connectivity index (χ2n) is 9.18. The van der Waals surface area contributed by atoms with Gasteiger partial charge in [-0.15, -0.1) is 0 Å². The molecule has 2 heterocycles. The summed E-state index contributed by atoms with van der Waals surface area (Å²) >= 11 is 0. The summed E-state index contributed by atoms with van der Waals surface area (Å²) in [5.74, 6) is 0.864. The molecule has 3 aliphatic rings. The van der Waals surface area contributed by atoms with E-state index in [0.29, 0.717) is 35.0 Å². The number of hydrogen-bond acceptors (Lipinski definition) is 6. The molecule has 2 fully saturated rings. The predicted molar refractivity (Wildman–Crippen MR) is 122 cm³/mol. The van der Waals surface area contributed by atoms with Crippen molar-refractivity contribution >= 4 is 38.4 Å². The van der Waals surface area contributed by atoms with E-state index in [1.54, 1.807) is 0 Å². The largest absolute Gasteiger partial charge is 0.353 e. The van der Waals surface area contributed by atoms with Gasteiger partial charge in [0.2, 0.25) is 0 Å². The number of anilines is 2. The van der Waals surface area contributed by atoms with Crippen LogP contribution in [0.2, 0.25) is 0 Å². The number of ketones is 1. The van der Waals surface area contributed by atoms with Crippen molar-refractivity contribution in [3.8, 4) is 0 Å². The average Bonchev–Trinajstić information content (AvgIpc) is 3.43. The Morgan fingerprint density at radius 1 is 1.13 bits per heavy atom. The van der Waals surface area contributed by atoms with Gasteiger partial charge in [0.25, 0.3) is 0 Å². The van der Waals surface area contributed by atoms with Crippen LogP contribution >= 0.6 is 0 Å². The van der Waals surface area contributed by atoms with E-state index in [2.05, 4.69) is 15.3 Å². The summed E-state index contributed by atoms with van der Waals surface area (Å²) in [7, 11) is -3.42. The van der Waals surface area contributed by atoms with Gasteiger partial charge in [-0.05, 0) is 62.3 Å². The number of pyridine rings is 1. The van der Waals surface area contributed by atoms with Gasteiger partial charge in [0.15, 0.2) is 9.84 Å². The molecule has 1 N–H and O–H groups in total. The van der Waals surface area contributed by atoms with Crippen LogP contribution in [0.15, 0.2) is 34.2 Å². The van der Waals surface area contributed by atoms with Crippen LogP contribution in [-0.2, 0) is 27.5 Å². The molecule has 0 unspecified atom stereocenters. The Morgan fingerprint density at radius 3 is 2.55 bits per heavy atom. The maximum atomic E-state index is 12.6. The van der Waals surface area contributed by atoms with Crippen LogP contribution in [0.3, 0.4) is 0 Å². The van der Waals surface area contributed by atoms with Gasteiger partial charge < -0.3 is 5.32 Å². The van der Waals surface area contributed by atoms with Gasteiger partial charge in [-0.2, -0.15) is 0 Å². The third kappa shape index (κ3) is 4.15. The van der Waals surface area contributed by atoms with Gasteiger partial charge in [0.1, 0.15) is 11.5 Å². The topological polar surface area (TPSA) is 88.5 Å². The molecule has 0 saturated heterocycles. The molecule has 0 bridgehead atoms. The van der Waals surface area contributed by atoms with Crippen LogP contribution in [0.1, 0.15) is 61.9 Å². The van der Waals surface area contributed by atoms with Crippen molar-refractivity contribution in [3.05, 3.63) is 41.2 Å². The molecule has 7 heteroatoms. The third-order valence-corrected chi connectivity index (χ3v) is 7.62. The molecule has 5 rings (SSSR count). The zero-order valence-corrected chi connectivity index (χ0v) is 18.8. The minimum Gasteiger partial charge on any atom is -0.353 e. The average molecular weight is 438 g/mol. The summed E-state index contributed by atoms with van der Waals surface area (Å²) in [5.41, 5.74) is 5.59. The highest BCUT2D eigenvalue weighted by Crippen LogP contribution is 2.41. The second-order valence-corrected chi connectivity index (χ2v) is 11.2. The van der Waals surface area contributed by atoms with E-state index in [-0.39, 0.29) is 11.7 Å². The predicted octanol–water partition coefficient (Wildman–Crippen LogP) is 4.67. The molecule has 0 atom stereocenters. The first-order valence-electron chi connectivity index (χ1n) is 11.0. The van der Waals surface area contributed by atoms with Crippen molar-refractivity contribution in [3.63, 3.8) is 0 Å². The molecule has 162 valence electrons. The van der Waals surface area contributed by atoms with Crippen LogP contribution in [0.5, 0.6) is 0 Å². The van der Waals surface area contributed by atoms with E-state index in [9.17, 15) is 13.2 Å². The Hall–Kier alpha value is -2.54. The van der Waals surface area contributed by atoms with Crippen molar-refractivity contribution in [2.75, 3.05) is 11.6 Å². The summed E-state index contributed by atoms with van der Waals surface area (Å²) in [6.45, 7) is 1.95. The monoisotopic (exact) mass is 437 g/mol. The normalized spacial score (nSPS) is 18.3. The molecule has 0 amide bonds. The smallest absolute Gasteiger partial charge is 0.177 e. The Labute approximate surface area is 183 Å². The first-order chi connectivity index (χ1) is 14.8. The number of Topliss-reactive ketones (excluding diaryl/α,β-unsaturated/α-hetero) is 1. The fourth-order valence-electron chi connectivity index (χ4n) is 4.37. The summed E-state index contributed by atoms with van der Waals surface area (Å²) in [6.07, 6.45) is 7.57. The van der Waals surface area contributed by atoms with Gasteiger partial charge in [0.05, 0.1) is 27.7 Å². The first kappa shape index (κ1) is 20.4. The quantitative estimate of drug-likeness (QED) is 0.680. The lowest BCUT2D eigenvalue weighted by Gasteiger charge is -2.26. The molecule has 31 heavy (non-hydrogen) atoms. The Kier molecular flexibility index (Phi) is 4.96. The van der Waals surface area contributed by atoms with Crippen molar-refractivity contribution in [1.82, 2.24) is 4.98 Å². The van der Waals surface area contributed by atoms with Crippen LogP contribution < -0.4 is 5.32 Å². The van der Waals surface area contributed by atoms with Crippen LogP contribution in [0, 0.1) is 5.92 Å². The molecule has 6 nitrogen and oxygen atoms in total. The maximum absolute atomic E-state index is 12.6. The number of fused-ring (bicyclic) bond motifs is 1. The van der Waals surface area contributed by atoms with Crippen molar-refractivity contribution in [2.45, 2.75) is 62.7 Å². The maximum Gasteiger partial charge on any atom is 0.177 e. The van der Waals surface area contributed by atoms with Crippen molar-refractivity contribution in [1.29, 1.82) is 0 Å². The molecule has 2 saturated carbocycles. The van der Waals surface area contributed by atoms with Gasteiger partial charge in [-0.25, -0.2) is 8.42 Å². The molecule has 1 aromatic heterocycles. The third-order valence-electron chi connectivity index (χ3n) is 6.48. The van der Waals surface area contributed by atoms with Crippen LogP contribution in [0.25, 0.3) is 0 Å². The number of nitrogens with zero attached hydrogens (tertiary/aromatic N) is 2. The Bertz CT molecular complexity index is 1210. The lowest BCUT2D eigenvalue weighted by Crippen LogP contribution is -2.11. The molecular formula is C24H27N3O3S. The molecule has 2 aliphatic carbocycles. The SMILES string of the molecule is CC1=Nc2c(Nc3ccc(C4CCC4)cc3S(C)(=O)=O)cc(CC(=O)C3CC3)nc2C1. The second kappa shape index (κ2) is 7.55. The molecule has 1 aliphatic heterocycles. The summed E-state index contributed by atoms with van der Waals surface area (Å²) in [4.78, 5) is 22.0. The van der Waals surface area contributed by atoms with Gasteiger partial charge in [-0.1, -0.05) is 12.5 Å². The highest BCUT2D eigenvalue weighted by Gasteiger charge is 2.30. The molecular weight excluding hydrogens is 410 g/mol. The number of carbonyl (C=O) groups excluding carboxylic acids is 1. The van der Waals surface area contributed by atoms with Gasteiger partial charge in [0, 0.05) is 30.7 Å². The van der Waals surface area contributed by atoms with E-state index in [0.717, 1.165) is 54.0 Å². The summed E-state index contributed by atoms with van der Waals surface area (Å²) in [6, 6.07) is 7.55. The number of aromatic nitrogens is 1. The van der Waals surface area contributed by atoms with Gasteiger partial charge >= 0.3 is 0 Å². The van der Waals surface area contributed by atoms with Crippen molar-refractivity contribution in [2.24, 2.45) is 10.9 Å². The van der Waals surface area contributed by atoms with E-state index in [1.165, 1.54) is 12.7 Å². The van der Waals surface area contributed by atoms with Crippen LogP contribution in [-0.4, -0.2) is 31.2 Å². The standard InChI is InChI=1S/C24H27N3O3S/c1-14-10-20-24(25-14)21(12-18(26-20)13-22(28)16-6-7-16)27-19-9-8-17(15-4-3-5-15)11-23(19)31(2,29)30/h8-9,11-12,15-16H,3-7,10,13H2,1-2H3,(H,26,27). The van der Waals surface area contributed by atoms with E-state index < -0.39 is 9.84 Å². The number of hydrogen-bond donors (Lipinski definition) is 1. The number of aliphatic imine (C=N–C) groups is 1. The summed E-state index contributed by atoms with van der Waals surface area (Å²) < 4.78 is 25.2. The lowest BCUT2D eigenvalue weighted by molar-refractivity contribution is -0.119. The Balaban J connectivity index is 1.53. The fourth-order valence-corrected chi connectivity index (χ4v) is 5.24. The number of benzene rings is 1. The Morgan fingerprint density at radius 2 is 1.90 bits per heavy atom. The number of rotatable bonds is 7. The molecule has 2 aromatic rings. The van der Waals surface area contributed by atoms with Crippen molar-refractivity contribution < 1.29 is 13.2 Å². The zero-order chi connectivity index (χ0) is 21.8. The number of nitrogens with one attached hydrogen (secondary N) is 1. The van der Waals surface area contributed by atoms with E-state index >= 15 is 0 Å². The number of sulfone groups is 1. The number of carbonyl (C=O) groups is 1. The van der Waals surface area contributed by atoms with E-state index in [4.69, 9.17) is 0 Å². The molecule has 1 aromatic carbocycles. The highest BCUT2D eigenvalue weighted by atomic mass is 32.2. The fraction of sp³-hybridized carbons (Fsp3) is 0.458. The van der Waals surface area contributed by atoms with Crippen LogP contribution in [0.4, 0.5) is 17.1 Å². The minimum absolute atomic E-state index is 0.181. The highest BCUT2D eigenvalue weighted by molar-refractivity contribution is 7.90. The summed E-state index contributed by atoms with van der Waals surface area (Å²) in [5, 5.41) is 3.32. The molecule has 0 radical (unpaired) electrons. The molecule has 0 spiro atoms. The lowest BCUT2D eigenvalue weighted by atomic mass is 9.80.